The number of nitrogens with two attached hydrogens (primary N) is 1. The van der Waals surface area contributed by atoms with Crippen molar-refractivity contribution < 1.29 is 14.7 Å². The maximum Gasteiger partial charge on any atom is 0.305 e. The van der Waals surface area contributed by atoms with E-state index in [2.05, 4.69) is 0 Å². The lowest BCUT2D eigenvalue weighted by Crippen LogP contribution is -2.52. The Hall–Kier alpha value is -2.66. The van der Waals surface area contributed by atoms with Crippen LogP contribution in [0.3, 0.4) is 0 Å². The highest BCUT2D eigenvalue weighted by Crippen LogP contribution is 2.27. The number of carboxylic acid groups (broad SMARTS) is 1. The van der Waals surface area contributed by atoms with Gasteiger partial charge in [0.25, 0.3) is 0 Å². The summed E-state index contributed by atoms with van der Waals surface area (Å²) in [6, 6.07) is 16.5. The molecule has 0 saturated carbocycles. The maximum absolute atomic E-state index is 13.1. The van der Waals surface area contributed by atoms with Crippen LogP contribution in [0.15, 0.2) is 54.6 Å². The molecule has 1 heterocycles. The average Bonchev–Trinajstić information content (AvgIpc) is 2.66. The molecule has 3 atom stereocenters. The quantitative estimate of drug-likeness (QED) is 0.866. The predicted molar refractivity (Wildman–Crippen MR) is 99.6 cm³/mol. The van der Waals surface area contributed by atoms with Crippen LogP contribution >= 0.6 is 0 Å². The zero-order chi connectivity index (χ0) is 18.7. The van der Waals surface area contributed by atoms with Crippen molar-refractivity contribution >= 4 is 11.9 Å². The molecule has 1 amide bonds. The second-order valence-electron chi connectivity index (χ2n) is 6.92. The highest BCUT2D eigenvalue weighted by atomic mass is 16.4. The second kappa shape index (κ2) is 7.70. The van der Waals surface area contributed by atoms with Gasteiger partial charge in [0.2, 0.25) is 5.91 Å². The van der Waals surface area contributed by atoms with Crippen molar-refractivity contribution in [1.29, 1.82) is 0 Å². The third kappa shape index (κ3) is 3.78. The van der Waals surface area contributed by atoms with E-state index in [0.717, 1.165) is 16.7 Å². The number of fused-ring (bicyclic) bond motifs is 1. The Bertz CT molecular complexity index is 791. The molecule has 136 valence electrons. The molecule has 0 spiro atoms. The number of rotatable bonds is 5. The van der Waals surface area contributed by atoms with Crippen LogP contribution in [0.1, 0.15) is 36.0 Å². The molecule has 26 heavy (non-hydrogen) atoms. The number of hydrogen-bond acceptors (Lipinski definition) is 3. The van der Waals surface area contributed by atoms with Gasteiger partial charge in [-0.1, -0.05) is 61.5 Å². The highest BCUT2D eigenvalue weighted by molar-refractivity contribution is 5.84. The van der Waals surface area contributed by atoms with Gasteiger partial charge < -0.3 is 15.7 Å². The van der Waals surface area contributed by atoms with Gasteiger partial charge in [-0.2, -0.15) is 0 Å². The van der Waals surface area contributed by atoms with E-state index >= 15 is 0 Å². The van der Waals surface area contributed by atoms with Crippen LogP contribution in [0.25, 0.3) is 0 Å². The first kappa shape index (κ1) is 18.1. The summed E-state index contributed by atoms with van der Waals surface area (Å²) in [4.78, 5) is 26.1. The van der Waals surface area contributed by atoms with Gasteiger partial charge in [-0.25, -0.2) is 0 Å². The molecule has 2 aromatic carbocycles. The van der Waals surface area contributed by atoms with Crippen LogP contribution in [-0.4, -0.2) is 34.0 Å². The third-order valence-corrected chi connectivity index (χ3v) is 5.20. The Morgan fingerprint density at radius 1 is 1.12 bits per heavy atom. The van der Waals surface area contributed by atoms with Crippen molar-refractivity contribution in [2.75, 3.05) is 0 Å². The van der Waals surface area contributed by atoms with Crippen LogP contribution in [0.4, 0.5) is 0 Å². The van der Waals surface area contributed by atoms with Crippen molar-refractivity contribution in [1.82, 2.24) is 4.90 Å². The number of aliphatic carboxylic acids is 1. The number of nitrogens with zero attached hydrogens (tertiary/aromatic N) is 1. The first-order valence-electron chi connectivity index (χ1n) is 8.87. The first-order valence-corrected chi connectivity index (χ1v) is 8.87. The summed E-state index contributed by atoms with van der Waals surface area (Å²) >= 11 is 0. The molecule has 0 fully saturated rings. The van der Waals surface area contributed by atoms with Crippen molar-refractivity contribution in [3.05, 3.63) is 71.3 Å². The van der Waals surface area contributed by atoms with E-state index in [4.69, 9.17) is 5.73 Å². The number of carbonyl (C=O) groups excluding carboxylic acids is 1. The standard InChI is InChI=1S/C21H24N2O3/c1-14(15-7-3-2-4-8-15)20(22)21(26)23-13-17-10-6-5-9-16(17)11-18(23)12-19(24)25/h2-10,14,18,20H,11-13,22H2,1H3,(H,24,25)/t14-,18-,20+/m1/s1. The Morgan fingerprint density at radius 2 is 1.73 bits per heavy atom. The topological polar surface area (TPSA) is 83.6 Å². The molecular formula is C21H24N2O3. The van der Waals surface area contributed by atoms with Crippen LogP contribution in [0, 0.1) is 0 Å². The van der Waals surface area contributed by atoms with Gasteiger partial charge in [0, 0.05) is 18.5 Å². The van der Waals surface area contributed by atoms with Gasteiger partial charge in [0.05, 0.1) is 12.5 Å². The molecule has 5 nitrogen and oxygen atoms in total. The summed E-state index contributed by atoms with van der Waals surface area (Å²) in [7, 11) is 0. The number of hydrogen-bond donors (Lipinski definition) is 2. The summed E-state index contributed by atoms with van der Waals surface area (Å²) in [6.07, 6.45) is 0.465. The van der Waals surface area contributed by atoms with Gasteiger partial charge in [-0.15, -0.1) is 0 Å². The molecular weight excluding hydrogens is 328 g/mol. The van der Waals surface area contributed by atoms with Gasteiger partial charge in [-0.05, 0) is 23.1 Å². The summed E-state index contributed by atoms with van der Waals surface area (Å²) < 4.78 is 0. The molecule has 2 aromatic rings. The van der Waals surface area contributed by atoms with E-state index in [-0.39, 0.29) is 24.3 Å². The minimum Gasteiger partial charge on any atom is -0.481 e. The minimum atomic E-state index is -0.906. The van der Waals surface area contributed by atoms with Gasteiger partial charge in [0.1, 0.15) is 0 Å². The molecule has 5 heteroatoms. The Balaban J connectivity index is 1.84. The number of carbonyl (C=O) groups is 2. The van der Waals surface area contributed by atoms with Crippen LogP contribution < -0.4 is 5.73 Å². The van der Waals surface area contributed by atoms with Gasteiger partial charge in [-0.3, -0.25) is 9.59 Å². The van der Waals surface area contributed by atoms with E-state index in [1.807, 2.05) is 61.5 Å². The monoisotopic (exact) mass is 352 g/mol. The fourth-order valence-electron chi connectivity index (χ4n) is 3.60. The van der Waals surface area contributed by atoms with Crippen molar-refractivity contribution in [3.63, 3.8) is 0 Å². The van der Waals surface area contributed by atoms with Gasteiger partial charge in [0.15, 0.2) is 0 Å². The van der Waals surface area contributed by atoms with Crippen LogP contribution in [-0.2, 0) is 22.6 Å². The predicted octanol–water partition coefficient (Wildman–Crippen LogP) is 2.55. The molecule has 0 saturated heterocycles. The number of amides is 1. The van der Waals surface area contributed by atoms with E-state index in [9.17, 15) is 14.7 Å². The zero-order valence-corrected chi connectivity index (χ0v) is 14.8. The summed E-state index contributed by atoms with van der Waals surface area (Å²) in [5.74, 6) is -1.25. The molecule has 3 rings (SSSR count). The SMILES string of the molecule is C[C@H](c1ccccc1)[C@H](N)C(=O)N1Cc2ccccc2C[C@@H]1CC(=O)O. The molecule has 1 aliphatic rings. The fraction of sp³-hybridized carbons (Fsp3) is 0.333. The Labute approximate surface area is 153 Å². The Morgan fingerprint density at radius 3 is 2.38 bits per heavy atom. The lowest BCUT2D eigenvalue weighted by Gasteiger charge is -2.38. The fourth-order valence-corrected chi connectivity index (χ4v) is 3.60. The molecule has 0 bridgehead atoms. The number of carboxylic acids is 1. The van der Waals surface area contributed by atoms with E-state index in [0.29, 0.717) is 13.0 Å². The van der Waals surface area contributed by atoms with E-state index in [1.54, 1.807) is 4.90 Å². The Kier molecular flexibility index (Phi) is 5.38. The molecule has 0 aliphatic carbocycles. The molecule has 0 unspecified atom stereocenters. The molecule has 1 aliphatic heterocycles. The molecule has 3 N–H and O–H groups in total. The van der Waals surface area contributed by atoms with E-state index < -0.39 is 12.0 Å². The summed E-state index contributed by atoms with van der Waals surface area (Å²) in [5.41, 5.74) is 9.46. The van der Waals surface area contributed by atoms with E-state index in [1.165, 1.54) is 0 Å². The van der Waals surface area contributed by atoms with Gasteiger partial charge >= 0.3 is 5.97 Å². The lowest BCUT2D eigenvalue weighted by molar-refractivity contribution is -0.142. The third-order valence-electron chi connectivity index (χ3n) is 5.20. The first-order chi connectivity index (χ1) is 12.5. The molecule has 0 aromatic heterocycles. The van der Waals surface area contributed by atoms with Crippen LogP contribution in [0.2, 0.25) is 0 Å². The maximum atomic E-state index is 13.1. The number of benzene rings is 2. The molecule has 0 radical (unpaired) electrons. The van der Waals surface area contributed by atoms with Crippen molar-refractivity contribution in [2.24, 2.45) is 5.73 Å². The van der Waals surface area contributed by atoms with Crippen molar-refractivity contribution in [2.45, 2.75) is 44.3 Å². The van der Waals surface area contributed by atoms with Crippen LogP contribution in [0.5, 0.6) is 0 Å². The lowest BCUT2D eigenvalue weighted by atomic mass is 9.89. The highest BCUT2D eigenvalue weighted by Gasteiger charge is 2.35. The average molecular weight is 352 g/mol. The zero-order valence-electron chi connectivity index (χ0n) is 14.8. The van der Waals surface area contributed by atoms with Crippen molar-refractivity contribution in [3.8, 4) is 0 Å². The largest absolute Gasteiger partial charge is 0.481 e. The summed E-state index contributed by atoms with van der Waals surface area (Å²) in [6.45, 7) is 2.34. The normalized spacial score (nSPS) is 18.7. The minimum absolute atomic E-state index is 0.0769. The second-order valence-corrected chi connectivity index (χ2v) is 6.92. The summed E-state index contributed by atoms with van der Waals surface area (Å²) in [5, 5.41) is 9.27. The smallest absolute Gasteiger partial charge is 0.305 e.